The van der Waals surface area contributed by atoms with Gasteiger partial charge >= 0.3 is 0 Å². The lowest BCUT2D eigenvalue weighted by molar-refractivity contribution is 1.17. The Balaban J connectivity index is 1.63. The molecular formula is C41H25N3. The maximum Gasteiger partial charge on any atom is 0.0998 e. The second kappa shape index (κ2) is 9.46. The van der Waals surface area contributed by atoms with E-state index < -0.39 is 0 Å². The van der Waals surface area contributed by atoms with Gasteiger partial charge in [-0.3, -0.25) is 0 Å². The molecule has 2 heterocycles. The molecule has 0 fully saturated rings. The molecule has 44 heavy (non-hydrogen) atoms. The first-order valence-electron chi connectivity index (χ1n) is 14.9. The Bertz CT molecular complexity index is 2590. The first-order chi connectivity index (χ1) is 21.8. The van der Waals surface area contributed by atoms with E-state index in [0.29, 0.717) is 5.56 Å². The standard InChI is InChI=1S/C41H25N3/c42-26-28-15-11-13-27-14-12-22-33(38(27)28)40-39-32-21-8-10-24-36(32)43(29-16-3-1-4-17-29)37(39)25-34-31-20-7-9-23-35(31)44(41(34)40)30-18-5-2-6-19-30/h1-25H. The second-order valence-corrected chi connectivity index (χ2v) is 11.2. The van der Waals surface area contributed by atoms with Crippen LogP contribution >= 0.6 is 0 Å². The maximum atomic E-state index is 10.3. The molecule has 0 radical (unpaired) electrons. The third kappa shape index (κ3) is 3.37. The van der Waals surface area contributed by atoms with Crippen LogP contribution in [0.15, 0.2) is 152 Å². The van der Waals surface area contributed by atoms with Crippen molar-refractivity contribution in [2.75, 3.05) is 0 Å². The van der Waals surface area contributed by atoms with Crippen molar-refractivity contribution < 1.29 is 0 Å². The quantitative estimate of drug-likeness (QED) is 0.212. The minimum Gasteiger partial charge on any atom is -0.309 e. The van der Waals surface area contributed by atoms with Crippen molar-refractivity contribution >= 4 is 54.4 Å². The summed E-state index contributed by atoms with van der Waals surface area (Å²) in [7, 11) is 0. The van der Waals surface area contributed by atoms with Crippen molar-refractivity contribution in [1.29, 1.82) is 5.26 Å². The van der Waals surface area contributed by atoms with Gasteiger partial charge in [0.05, 0.1) is 33.7 Å². The summed E-state index contributed by atoms with van der Waals surface area (Å²) in [5.74, 6) is 0. The number of nitrogens with zero attached hydrogens (tertiary/aromatic N) is 3. The summed E-state index contributed by atoms with van der Waals surface area (Å²) >= 11 is 0. The number of benzene rings is 7. The number of nitriles is 1. The smallest absolute Gasteiger partial charge is 0.0998 e. The van der Waals surface area contributed by atoms with Crippen LogP contribution in [0.2, 0.25) is 0 Å². The molecule has 0 atom stereocenters. The van der Waals surface area contributed by atoms with Gasteiger partial charge in [0, 0.05) is 43.9 Å². The monoisotopic (exact) mass is 559 g/mol. The van der Waals surface area contributed by atoms with Crippen molar-refractivity contribution in [2.45, 2.75) is 0 Å². The SMILES string of the molecule is N#Cc1cccc2cccc(-c3c4c5ccccc5n(-c5ccccc5)c4cc4c5ccccc5n(-c5ccccc5)c34)c12. The molecule has 0 bridgehead atoms. The van der Waals surface area contributed by atoms with Gasteiger partial charge in [0.15, 0.2) is 0 Å². The summed E-state index contributed by atoms with van der Waals surface area (Å²) in [5.41, 5.74) is 9.68. The van der Waals surface area contributed by atoms with Gasteiger partial charge in [0.2, 0.25) is 0 Å². The first-order valence-corrected chi connectivity index (χ1v) is 14.9. The highest BCUT2D eigenvalue weighted by Crippen LogP contribution is 2.48. The summed E-state index contributed by atoms with van der Waals surface area (Å²) in [6.45, 7) is 0. The van der Waals surface area contributed by atoms with Crippen molar-refractivity contribution in [3.8, 4) is 28.6 Å². The lowest BCUT2D eigenvalue weighted by atomic mass is 9.90. The fourth-order valence-corrected chi connectivity index (χ4v) is 7.18. The zero-order valence-electron chi connectivity index (χ0n) is 23.8. The third-order valence-electron chi connectivity index (χ3n) is 8.92. The number of fused-ring (bicyclic) bond motifs is 7. The molecule has 0 saturated heterocycles. The van der Waals surface area contributed by atoms with E-state index in [0.717, 1.165) is 55.3 Å². The molecule has 3 nitrogen and oxygen atoms in total. The molecule has 9 rings (SSSR count). The van der Waals surface area contributed by atoms with Crippen LogP contribution in [0.5, 0.6) is 0 Å². The van der Waals surface area contributed by atoms with Gasteiger partial charge in [-0.1, -0.05) is 103 Å². The lowest BCUT2D eigenvalue weighted by Crippen LogP contribution is -1.97. The molecule has 9 aromatic rings. The van der Waals surface area contributed by atoms with Crippen LogP contribution in [0.25, 0.3) is 76.9 Å². The number of hydrogen-bond acceptors (Lipinski definition) is 1. The van der Waals surface area contributed by atoms with Gasteiger partial charge < -0.3 is 9.13 Å². The predicted molar refractivity (Wildman–Crippen MR) is 183 cm³/mol. The van der Waals surface area contributed by atoms with E-state index in [-0.39, 0.29) is 0 Å². The van der Waals surface area contributed by atoms with E-state index >= 15 is 0 Å². The van der Waals surface area contributed by atoms with E-state index in [1.807, 2.05) is 12.1 Å². The Hall–Kier alpha value is -6.11. The maximum absolute atomic E-state index is 10.3. The lowest BCUT2D eigenvalue weighted by Gasteiger charge is -2.16. The van der Waals surface area contributed by atoms with E-state index in [1.165, 1.54) is 21.5 Å². The Labute approximate surface area is 254 Å². The molecule has 0 aliphatic rings. The van der Waals surface area contributed by atoms with E-state index in [9.17, 15) is 5.26 Å². The molecule has 0 N–H and O–H groups in total. The molecular weight excluding hydrogens is 534 g/mol. The Morgan fingerprint density at radius 3 is 1.75 bits per heavy atom. The molecule has 0 unspecified atom stereocenters. The molecule has 0 amide bonds. The second-order valence-electron chi connectivity index (χ2n) is 11.2. The van der Waals surface area contributed by atoms with E-state index in [4.69, 9.17) is 0 Å². The predicted octanol–water partition coefficient (Wildman–Crippen LogP) is 10.6. The minimum absolute atomic E-state index is 0.678. The minimum atomic E-state index is 0.678. The van der Waals surface area contributed by atoms with Crippen LogP contribution in [-0.2, 0) is 0 Å². The van der Waals surface area contributed by atoms with Gasteiger partial charge in [0.1, 0.15) is 0 Å². The average molecular weight is 560 g/mol. The van der Waals surface area contributed by atoms with E-state index in [1.54, 1.807) is 0 Å². The molecule has 0 saturated carbocycles. The molecule has 0 aliphatic carbocycles. The highest BCUT2D eigenvalue weighted by atomic mass is 15.0. The van der Waals surface area contributed by atoms with Gasteiger partial charge in [-0.15, -0.1) is 0 Å². The van der Waals surface area contributed by atoms with Crippen LogP contribution in [0.4, 0.5) is 0 Å². The summed E-state index contributed by atoms with van der Waals surface area (Å²) < 4.78 is 4.79. The molecule has 2 aromatic heterocycles. The molecule has 204 valence electrons. The zero-order chi connectivity index (χ0) is 29.2. The zero-order valence-corrected chi connectivity index (χ0v) is 23.8. The summed E-state index contributed by atoms with van der Waals surface area (Å²) in [4.78, 5) is 0. The summed E-state index contributed by atoms with van der Waals surface area (Å²) in [6, 6.07) is 55.9. The molecule has 7 aromatic carbocycles. The Kier molecular flexibility index (Phi) is 5.26. The third-order valence-corrected chi connectivity index (χ3v) is 8.92. The van der Waals surface area contributed by atoms with Crippen molar-refractivity contribution in [3.63, 3.8) is 0 Å². The number of aromatic nitrogens is 2. The highest BCUT2D eigenvalue weighted by Gasteiger charge is 2.25. The molecule has 3 heteroatoms. The van der Waals surface area contributed by atoms with Crippen LogP contribution in [0.3, 0.4) is 0 Å². The fraction of sp³-hybridized carbons (Fsp3) is 0. The number of hydrogen-bond donors (Lipinski definition) is 0. The van der Waals surface area contributed by atoms with Gasteiger partial charge in [-0.05, 0) is 59.5 Å². The average Bonchev–Trinajstić information content (AvgIpc) is 3.60. The van der Waals surface area contributed by atoms with E-state index in [2.05, 4.69) is 155 Å². The molecule has 0 aliphatic heterocycles. The number of rotatable bonds is 3. The Morgan fingerprint density at radius 1 is 0.455 bits per heavy atom. The highest BCUT2D eigenvalue weighted by molar-refractivity contribution is 6.28. The largest absolute Gasteiger partial charge is 0.309 e. The first kappa shape index (κ1) is 24.5. The van der Waals surface area contributed by atoms with Gasteiger partial charge in [-0.2, -0.15) is 5.26 Å². The van der Waals surface area contributed by atoms with Crippen LogP contribution in [0, 0.1) is 11.3 Å². The van der Waals surface area contributed by atoms with Crippen molar-refractivity contribution in [3.05, 3.63) is 157 Å². The van der Waals surface area contributed by atoms with Crippen molar-refractivity contribution in [1.82, 2.24) is 9.13 Å². The topological polar surface area (TPSA) is 33.6 Å². The number of para-hydroxylation sites is 4. The van der Waals surface area contributed by atoms with Crippen molar-refractivity contribution in [2.24, 2.45) is 0 Å². The van der Waals surface area contributed by atoms with Gasteiger partial charge in [0.25, 0.3) is 0 Å². The summed E-state index contributed by atoms with van der Waals surface area (Å²) in [5, 5.41) is 17.1. The Morgan fingerprint density at radius 2 is 1.05 bits per heavy atom. The van der Waals surface area contributed by atoms with Crippen LogP contribution in [0.1, 0.15) is 5.56 Å². The fourth-order valence-electron chi connectivity index (χ4n) is 7.18. The molecule has 0 spiro atoms. The van der Waals surface area contributed by atoms with Crippen LogP contribution < -0.4 is 0 Å². The summed E-state index contributed by atoms with van der Waals surface area (Å²) in [6.07, 6.45) is 0. The normalized spacial score (nSPS) is 11.6. The van der Waals surface area contributed by atoms with Crippen LogP contribution in [-0.4, -0.2) is 9.13 Å². The van der Waals surface area contributed by atoms with Gasteiger partial charge in [-0.25, -0.2) is 0 Å².